The van der Waals surface area contributed by atoms with Crippen LogP contribution in [0.4, 0.5) is 0 Å². The SMILES string of the molecule is CSc1ccc(C(=CCOc2ccc(OC(C)C(=O)O)c(C)c2)c2ccc(I)cc2)cc1. The van der Waals surface area contributed by atoms with Crippen LogP contribution in [0.3, 0.4) is 0 Å². The predicted molar refractivity (Wildman–Crippen MR) is 139 cm³/mol. The first-order valence-electron chi connectivity index (χ1n) is 10.1. The van der Waals surface area contributed by atoms with Crippen molar-refractivity contribution < 1.29 is 19.4 Å². The molecule has 0 aliphatic heterocycles. The van der Waals surface area contributed by atoms with Crippen molar-refractivity contribution in [2.45, 2.75) is 24.8 Å². The average molecular weight is 560 g/mol. The number of aliphatic carboxylic acids is 1. The zero-order chi connectivity index (χ0) is 23.1. The number of carboxylic acid groups (broad SMARTS) is 1. The Morgan fingerprint density at radius 3 is 2.25 bits per heavy atom. The van der Waals surface area contributed by atoms with Gasteiger partial charge in [-0.3, -0.25) is 0 Å². The maximum atomic E-state index is 11.0. The highest BCUT2D eigenvalue weighted by Gasteiger charge is 2.14. The van der Waals surface area contributed by atoms with Gasteiger partial charge >= 0.3 is 5.97 Å². The molecule has 4 nitrogen and oxygen atoms in total. The molecule has 0 aromatic heterocycles. The van der Waals surface area contributed by atoms with E-state index < -0.39 is 12.1 Å². The fourth-order valence-electron chi connectivity index (χ4n) is 3.11. The standard InChI is InChI=1S/C26H25IO4S/c1-17-16-22(10-13-25(17)31-18(2)26(28)29)30-15-14-24(19-4-8-21(27)9-5-19)20-6-11-23(32-3)12-7-20/h4-14,16,18H,15H2,1-3H3,(H,28,29). The maximum Gasteiger partial charge on any atom is 0.344 e. The Labute approximate surface area is 206 Å². The Hall–Kier alpha value is -2.45. The molecule has 0 amide bonds. The molecule has 0 heterocycles. The first-order valence-corrected chi connectivity index (χ1v) is 12.4. The molecule has 0 spiro atoms. The van der Waals surface area contributed by atoms with Crippen molar-refractivity contribution in [2.24, 2.45) is 0 Å². The Balaban J connectivity index is 1.78. The van der Waals surface area contributed by atoms with Gasteiger partial charge in [0.2, 0.25) is 0 Å². The first kappa shape index (κ1) is 24.2. The van der Waals surface area contributed by atoms with Crippen LogP contribution in [-0.2, 0) is 4.79 Å². The van der Waals surface area contributed by atoms with Crippen molar-refractivity contribution in [3.05, 3.63) is 93.1 Å². The highest BCUT2D eigenvalue weighted by Crippen LogP contribution is 2.28. The summed E-state index contributed by atoms with van der Waals surface area (Å²) in [4.78, 5) is 12.2. The average Bonchev–Trinajstić information content (AvgIpc) is 2.79. The van der Waals surface area contributed by atoms with Gasteiger partial charge in [0.1, 0.15) is 18.1 Å². The molecule has 1 N–H and O–H groups in total. The minimum atomic E-state index is -0.997. The summed E-state index contributed by atoms with van der Waals surface area (Å²) in [6, 6.07) is 22.4. The molecular formula is C26H25IO4S. The van der Waals surface area contributed by atoms with Crippen molar-refractivity contribution in [2.75, 3.05) is 12.9 Å². The third-order valence-corrected chi connectivity index (χ3v) is 6.35. The molecule has 3 aromatic carbocycles. The van der Waals surface area contributed by atoms with Crippen LogP contribution in [0.15, 0.2) is 77.7 Å². The smallest absolute Gasteiger partial charge is 0.344 e. The molecule has 0 aliphatic rings. The second-order valence-electron chi connectivity index (χ2n) is 7.19. The Morgan fingerprint density at radius 2 is 1.69 bits per heavy atom. The molecule has 6 heteroatoms. The molecule has 1 unspecified atom stereocenters. The van der Waals surface area contributed by atoms with Crippen LogP contribution in [0.25, 0.3) is 5.57 Å². The molecule has 0 bridgehead atoms. The van der Waals surface area contributed by atoms with Gasteiger partial charge in [-0.2, -0.15) is 0 Å². The fourth-order valence-corrected chi connectivity index (χ4v) is 3.88. The number of thioether (sulfide) groups is 1. The van der Waals surface area contributed by atoms with Crippen LogP contribution in [0.1, 0.15) is 23.6 Å². The zero-order valence-electron chi connectivity index (χ0n) is 18.2. The van der Waals surface area contributed by atoms with Crippen molar-refractivity contribution in [3.8, 4) is 11.5 Å². The Bertz CT molecular complexity index is 1090. The van der Waals surface area contributed by atoms with E-state index in [-0.39, 0.29) is 0 Å². The van der Waals surface area contributed by atoms with Gasteiger partial charge < -0.3 is 14.6 Å². The van der Waals surface area contributed by atoms with E-state index in [2.05, 4.69) is 83.5 Å². The monoisotopic (exact) mass is 560 g/mol. The number of carboxylic acids is 1. The Kier molecular flexibility index (Phi) is 8.64. The minimum Gasteiger partial charge on any atom is -0.489 e. The summed E-state index contributed by atoms with van der Waals surface area (Å²) < 4.78 is 12.7. The molecule has 0 saturated heterocycles. The number of ether oxygens (including phenoxy) is 2. The molecule has 0 fully saturated rings. The second-order valence-corrected chi connectivity index (χ2v) is 9.32. The van der Waals surface area contributed by atoms with E-state index >= 15 is 0 Å². The van der Waals surface area contributed by atoms with Gasteiger partial charge in [-0.15, -0.1) is 11.8 Å². The third-order valence-electron chi connectivity index (χ3n) is 4.89. The van der Waals surface area contributed by atoms with E-state index in [1.807, 2.05) is 13.0 Å². The zero-order valence-corrected chi connectivity index (χ0v) is 21.1. The summed E-state index contributed by atoms with van der Waals surface area (Å²) in [7, 11) is 0. The highest BCUT2D eigenvalue weighted by molar-refractivity contribution is 14.1. The lowest BCUT2D eigenvalue weighted by atomic mass is 9.98. The first-order chi connectivity index (χ1) is 15.4. The maximum absolute atomic E-state index is 11.0. The van der Waals surface area contributed by atoms with Crippen LogP contribution in [0, 0.1) is 10.5 Å². The van der Waals surface area contributed by atoms with Gasteiger partial charge in [0.25, 0.3) is 0 Å². The van der Waals surface area contributed by atoms with Gasteiger partial charge in [0, 0.05) is 8.47 Å². The largest absolute Gasteiger partial charge is 0.489 e. The molecule has 0 aliphatic carbocycles. The normalized spacial score (nSPS) is 12.3. The number of rotatable bonds is 9. The predicted octanol–water partition coefficient (Wildman–Crippen LogP) is 6.68. The summed E-state index contributed by atoms with van der Waals surface area (Å²) in [5, 5.41) is 9.03. The van der Waals surface area contributed by atoms with Gasteiger partial charge in [-0.25, -0.2) is 4.79 Å². The molecule has 0 radical (unpaired) electrons. The van der Waals surface area contributed by atoms with E-state index in [4.69, 9.17) is 14.6 Å². The summed E-state index contributed by atoms with van der Waals surface area (Å²) in [5.74, 6) is 0.244. The number of benzene rings is 3. The summed E-state index contributed by atoms with van der Waals surface area (Å²) in [5.41, 5.74) is 4.20. The quantitative estimate of drug-likeness (QED) is 0.234. The molecule has 3 rings (SSSR count). The van der Waals surface area contributed by atoms with E-state index in [9.17, 15) is 4.79 Å². The Morgan fingerprint density at radius 1 is 1.06 bits per heavy atom. The van der Waals surface area contributed by atoms with Gasteiger partial charge in [0.05, 0.1) is 0 Å². The van der Waals surface area contributed by atoms with Crippen molar-refractivity contribution in [3.63, 3.8) is 0 Å². The van der Waals surface area contributed by atoms with E-state index in [1.54, 1.807) is 23.9 Å². The molecule has 32 heavy (non-hydrogen) atoms. The fraction of sp³-hybridized carbons (Fsp3) is 0.192. The van der Waals surface area contributed by atoms with Crippen molar-refractivity contribution >= 4 is 45.9 Å². The van der Waals surface area contributed by atoms with E-state index in [1.165, 1.54) is 15.4 Å². The van der Waals surface area contributed by atoms with Crippen LogP contribution >= 0.6 is 34.4 Å². The molecule has 1 atom stereocenters. The molecular weight excluding hydrogens is 535 g/mol. The molecule has 0 saturated carbocycles. The minimum absolute atomic E-state index is 0.400. The summed E-state index contributed by atoms with van der Waals surface area (Å²) in [6.07, 6.45) is 3.25. The van der Waals surface area contributed by atoms with Crippen molar-refractivity contribution in [1.82, 2.24) is 0 Å². The highest BCUT2D eigenvalue weighted by atomic mass is 127. The number of carbonyl (C=O) groups is 1. The van der Waals surface area contributed by atoms with Gasteiger partial charge in [-0.1, -0.05) is 24.3 Å². The van der Waals surface area contributed by atoms with E-state index in [0.29, 0.717) is 18.1 Å². The van der Waals surface area contributed by atoms with E-state index in [0.717, 1.165) is 22.3 Å². The lowest BCUT2D eigenvalue weighted by molar-refractivity contribution is -0.144. The lowest BCUT2D eigenvalue weighted by Gasteiger charge is -2.14. The number of hydrogen-bond donors (Lipinski definition) is 1. The van der Waals surface area contributed by atoms with Gasteiger partial charge in [0.15, 0.2) is 6.10 Å². The number of hydrogen-bond acceptors (Lipinski definition) is 4. The van der Waals surface area contributed by atoms with Gasteiger partial charge in [-0.05, 0) is 113 Å². The lowest BCUT2D eigenvalue weighted by Crippen LogP contribution is -2.23. The van der Waals surface area contributed by atoms with Crippen LogP contribution in [0.2, 0.25) is 0 Å². The van der Waals surface area contributed by atoms with Crippen LogP contribution in [0.5, 0.6) is 11.5 Å². The third kappa shape index (κ3) is 6.53. The van der Waals surface area contributed by atoms with Crippen molar-refractivity contribution in [1.29, 1.82) is 0 Å². The second kappa shape index (κ2) is 11.4. The molecule has 3 aromatic rings. The number of halogens is 1. The molecule has 166 valence electrons. The topological polar surface area (TPSA) is 55.8 Å². The van der Waals surface area contributed by atoms with Crippen LogP contribution < -0.4 is 9.47 Å². The van der Waals surface area contributed by atoms with Crippen LogP contribution in [-0.4, -0.2) is 30.0 Å². The number of aryl methyl sites for hydroxylation is 1. The summed E-state index contributed by atoms with van der Waals surface area (Å²) in [6.45, 7) is 3.78. The summed E-state index contributed by atoms with van der Waals surface area (Å²) >= 11 is 4.03.